The van der Waals surface area contributed by atoms with Crippen LogP contribution >= 0.6 is 12.2 Å². The molecule has 0 bridgehead atoms. The van der Waals surface area contributed by atoms with Crippen LogP contribution in [0.1, 0.15) is 72.7 Å². The molecule has 0 spiro atoms. The molecule has 3 N–H and O–H groups in total. The molecule has 0 aromatic carbocycles. The van der Waals surface area contributed by atoms with Crippen LogP contribution in [-0.2, 0) is 9.47 Å². The second kappa shape index (κ2) is 9.72. The molecule has 9 nitrogen and oxygen atoms in total. The van der Waals surface area contributed by atoms with Crippen LogP contribution in [0.4, 0.5) is 9.59 Å². The predicted molar refractivity (Wildman–Crippen MR) is 102 cm³/mol. The fraction of sp³-hybridized carbons (Fsp3) is 0.765. The van der Waals surface area contributed by atoms with Crippen LogP contribution in [0.5, 0.6) is 0 Å². The predicted octanol–water partition coefficient (Wildman–Crippen LogP) is 3.99. The summed E-state index contributed by atoms with van der Waals surface area (Å²) in [5, 5.41) is 12.0. The Labute approximate surface area is 164 Å². The first-order valence-electron chi connectivity index (χ1n) is 8.87. The third kappa shape index (κ3) is 10.6. The molecule has 10 heteroatoms. The van der Waals surface area contributed by atoms with Gasteiger partial charge in [-0.15, -0.1) is 5.10 Å². The number of amides is 2. The minimum absolute atomic E-state index is 0.132. The molecule has 0 radical (unpaired) electrons. The van der Waals surface area contributed by atoms with Crippen LogP contribution in [0.25, 0.3) is 0 Å². The van der Waals surface area contributed by atoms with Crippen LogP contribution in [-0.4, -0.2) is 40.1 Å². The van der Waals surface area contributed by atoms with Gasteiger partial charge in [-0.3, -0.25) is 0 Å². The van der Waals surface area contributed by atoms with E-state index >= 15 is 0 Å². The number of hydrogen-bond donors (Lipinski definition) is 3. The van der Waals surface area contributed by atoms with E-state index in [-0.39, 0.29) is 10.7 Å². The molecule has 1 aromatic heterocycles. The molecule has 0 saturated carbocycles. The second-order valence-corrected chi connectivity index (χ2v) is 8.45. The number of aromatic nitrogens is 2. The van der Waals surface area contributed by atoms with Gasteiger partial charge < -0.3 is 24.5 Å². The zero-order valence-electron chi connectivity index (χ0n) is 16.8. The van der Waals surface area contributed by atoms with Crippen molar-refractivity contribution in [3.8, 4) is 0 Å². The molecule has 0 aliphatic heterocycles. The van der Waals surface area contributed by atoms with Crippen molar-refractivity contribution in [2.75, 3.05) is 6.54 Å². The van der Waals surface area contributed by atoms with Crippen LogP contribution in [0.2, 0.25) is 0 Å². The quantitative estimate of drug-likeness (QED) is 0.466. The fourth-order valence-corrected chi connectivity index (χ4v) is 2.21. The highest BCUT2D eigenvalue weighted by Gasteiger charge is 2.23. The minimum atomic E-state index is -0.613. The number of H-pyrrole nitrogens is 1. The number of hydrogen-bond acceptors (Lipinski definition) is 7. The lowest BCUT2D eigenvalue weighted by Crippen LogP contribution is -2.35. The topological polar surface area (TPSA) is 118 Å². The van der Waals surface area contributed by atoms with E-state index in [1.807, 2.05) is 0 Å². The summed E-state index contributed by atoms with van der Waals surface area (Å²) in [7, 11) is 0. The van der Waals surface area contributed by atoms with Gasteiger partial charge in [-0.25, -0.2) is 14.7 Å². The van der Waals surface area contributed by atoms with Gasteiger partial charge in [-0.05, 0) is 73.0 Å². The number of nitrogens with zero attached hydrogens (tertiary/aromatic N) is 1. The Balaban J connectivity index is 2.49. The Morgan fingerprint density at radius 2 is 1.70 bits per heavy atom. The highest BCUT2D eigenvalue weighted by molar-refractivity contribution is 7.71. The number of rotatable bonds is 7. The van der Waals surface area contributed by atoms with Gasteiger partial charge in [-0.2, -0.15) is 0 Å². The number of carbonyl (C=O) groups is 2. The SMILES string of the molecule is CC(C)(C)OC(=O)NCCCCC(NC(=O)OC(C)(C)C)c1n[nH]c(=S)o1. The maximum absolute atomic E-state index is 12.0. The average Bonchev–Trinajstić information content (AvgIpc) is 2.88. The lowest BCUT2D eigenvalue weighted by molar-refractivity contribution is 0.0491. The van der Waals surface area contributed by atoms with Crippen molar-refractivity contribution in [2.45, 2.75) is 78.0 Å². The molecule has 1 aromatic rings. The Hall–Kier alpha value is -2.10. The van der Waals surface area contributed by atoms with Crippen molar-refractivity contribution in [1.82, 2.24) is 20.8 Å². The largest absolute Gasteiger partial charge is 0.444 e. The zero-order valence-corrected chi connectivity index (χ0v) is 17.6. The van der Waals surface area contributed by atoms with Gasteiger partial charge in [-0.1, -0.05) is 0 Å². The van der Waals surface area contributed by atoms with E-state index in [4.69, 9.17) is 26.1 Å². The van der Waals surface area contributed by atoms with Crippen LogP contribution in [0.15, 0.2) is 4.42 Å². The zero-order chi connectivity index (χ0) is 20.7. The molecule has 0 fully saturated rings. The van der Waals surface area contributed by atoms with Crippen LogP contribution < -0.4 is 10.6 Å². The summed E-state index contributed by atoms with van der Waals surface area (Å²) in [4.78, 5) is 23.8. The Morgan fingerprint density at radius 3 is 2.22 bits per heavy atom. The molecule has 1 rings (SSSR count). The Bertz CT molecular complexity index is 672. The normalized spacial score (nSPS) is 13.0. The van der Waals surface area contributed by atoms with Crippen molar-refractivity contribution >= 4 is 24.4 Å². The van der Waals surface area contributed by atoms with E-state index in [0.29, 0.717) is 25.8 Å². The second-order valence-electron chi connectivity index (χ2n) is 8.07. The van der Waals surface area contributed by atoms with E-state index in [1.165, 1.54) is 0 Å². The summed E-state index contributed by atoms with van der Waals surface area (Å²) in [6, 6.07) is -0.491. The third-order valence-electron chi connectivity index (χ3n) is 3.03. The molecule has 1 atom stereocenters. The van der Waals surface area contributed by atoms with Crippen molar-refractivity contribution < 1.29 is 23.5 Å². The molecule has 1 unspecified atom stereocenters. The van der Waals surface area contributed by atoms with E-state index in [1.54, 1.807) is 41.5 Å². The molecule has 0 saturated heterocycles. The number of alkyl carbamates (subject to hydrolysis) is 2. The highest BCUT2D eigenvalue weighted by Crippen LogP contribution is 2.19. The fourth-order valence-electron chi connectivity index (χ4n) is 2.08. The van der Waals surface area contributed by atoms with Gasteiger partial charge in [0.05, 0.1) is 0 Å². The summed E-state index contributed by atoms with van der Waals surface area (Å²) in [5.41, 5.74) is -1.15. The molecule has 0 aliphatic carbocycles. The first-order valence-corrected chi connectivity index (χ1v) is 9.28. The van der Waals surface area contributed by atoms with Gasteiger partial charge in [0.25, 0.3) is 4.84 Å². The summed E-state index contributed by atoms with van der Waals surface area (Å²) >= 11 is 4.89. The summed E-state index contributed by atoms with van der Waals surface area (Å²) in [5.74, 6) is 0.283. The number of nitrogens with one attached hydrogen (secondary N) is 3. The molecule has 0 aliphatic rings. The molecular weight excluding hydrogens is 372 g/mol. The van der Waals surface area contributed by atoms with E-state index in [2.05, 4.69) is 20.8 Å². The summed E-state index contributed by atoms with van der Waals surface area (Å²) in [6.07, 6.45) is 0.910. The number of aromatic amines is 1. The van der Waals surface area contributed by atoms with Crippen molar-refractivity contribution in [1.29, 1.82) is 0 Å². The van der Waals surface area contributed by atoms with Crippen molar-refractivity contribution in [3.05, 3.63) is 10.7 Å². The lowest BCUT2D eigenvalue weighted by atomic mass is 10.1. The molecular formula is C17H30N4O5S. The Kier molecular flexibility index (Phi) is 8.26. The first-order chi connectivity index (χ1) is 12.4. The van der Waals surface area contributed by atoms with Gasteiger partial charge in [0, 0.05) is 6.54 Å². The smallest absolute Gasteiger partial charge is 0.408 e. The number of carbonyl (C=O) groups excluding carboxylic acids is 2. The average molecular weight is 403 g/mol. The van der Waals surface area contributed by atoms with Crippen LogP contribution in [0.3, 0.4) is 0 Å². The molecule has 2 amide bonds. The van der Waals surface area contributed by atoms with Gasteiger partial charge in [0.2, 0.25) is 5.89 Å². The van der Waals surface area contributed by atoms with Crippen molar-refractivity contribution in [2.24, 2.45) is 0 Å². The maximum atomic E-state index is 12.0. The minimum Gasteiger partial charge on any atom is -0.444 e. The lowest BCUT2D eigenvalue weighted by Gasteiger charge is -2.22. The van der Waals surface area contributed by atoms with Gasteiger partial charge in [0.15, 0.2) is 0 Å². The molecule has 1 heterocycles. The van der Waals surface area contributed by atoms with Crippen LogP contribution in [0, 0.1) is 4.84 Å². The number of ether oxygens (including phenoxy) is 2. The van der Waals surface area contributed by atoms with E-state index in [9.17, 15) is 9.59 Å². The number of unbranched alkanes of at least 4 members (excludes halogenated alkanes) is 1. The third-order valence-corrected chi connectivity index (χ3v) is 3.21. The van der Waals surface area contributed by atoms with E-state index < -0.39 is 29.4 Å². The monoisotopic (exact) mass is 402 g/mol. The van der Waals surface area contributed by atoms with Gasteiger partial charge in [0.1, 0.15) is 17.2 Å². The summed E-state index contributed by atoms with van der Waals surface area (Å²) < 4.78 is 15.8. The standard InChI is InChI=1S/C17H30N4O5S/c1-16(2,3)25-13(22)18-10-8-7-9-11(12-20-21-15(27)24-12)19-14(23)26-17(4,5)6/h11H,7-10H2,1-6H3,(H,18,22)(H,19,23)(H,21,27). The molecule has 27 heavy (non-hydrogen) atoms. The van der Waals surface area contributed by atoms with Crippen molar-refractivity contribution in [3.63, 3.8) is 0 Å². The molecule has 154 valence electrons. The highest BCUT2D eigenvalue weighted by atomic mass is 32.1. The maximum Gasteiger partial charge on any atom is 0.408 e. The van der Waals surface area contributed by atoms with E-state index in [0.717, 1.165) is 0 Å². The summed E-state index contributed by atoms with van der Waals surface area (Å²) in [6.45, 7) is 11.2. The Morgan fingerprint density at radius 1 is 1.11 bits per heavy atom. The first kappa shape index (κ1) is 22.9. The van der Waals surface area contributed by atoms with Gasteiger partial charge >= 0.3 is 12.2 Å².